The molecule has 0 saturated heterocycles. The van der Waals surface area contributed by atoms with Crippen LogP contribution < -0.4 is 5.32 Å². The Labute approximate surface area is 181 Å². The van der Waals surface area contributed by atoms with Crippen molar-refractivity contribution in [3.8, 4) is 6.07 Å². The molecule has 0 aliphatic heterocycles. The van der Waals surface area contributed by atoms with E-state index in [0.29, 0.717) is 6.54 Å². The summed E-state index contributed by atoms with van der Waals surface area (Å²) < 4.78 is 2.11. The van der Waals surface area contributed by atoms with Gasteiger partial charge in [0.25, 0.3) is 5.91 Å². The number of halogens is 1. The summed E-state index contributed by atoms with van der Waals surface area (Å²) in [7, 11) is 0. The predicted molar refractivity (Wildman–Crippen MR) is 121 cm³/mol. The minimum atomic E-state index is -0.285. The monoisotopic (exact) mass is 417 g/mol. The molecule has 0 radical (unpaired) electrons. The van der Waals surface area contributed by atoms with E-state index in [1.807, 2.05) is 54.7 Å². The van der Waals surface area contributed by atoms with Gasteiger partial charge in [0.1, 0.15) is 11.6 Å². The number of amides is 1. The quantitative estimate of drug-likeness (QED) is 0.427. The van der Waals surface area contributed by atoms with Crippen molar-refractivity contribution in [2.75, 3.05) is 0 Å². The van der Waals surface area contributed by atoms with Gasteiger partial charge in [-0.25, -0.2) is 0 Å². The van der Waals surface area contributed by atoms with Crippen molar-refractivity contribution in [2.45, 2.75) is 44.7 Å². The molecular formula is C25H24ClN3O. The predicted octanol–water partition coefficient (Wildman–Crippen LogP) is 5.70. The smallest absolute Gasteiger partial charge is 0.262 e. The van der Waals surface area contributed by atoms with Gasteiger partial charge in [-0.2, -0.15) is 5.26 Å². The maximum atomic E-state index is 12.7. The first-order chi connectivity index (χ1) is 14.7. The summed E-state index contributed by atoms with van der Waals surface area (Å²) in [6.07, 6.45) is 9.14. The lowest BCUT2D eigenvalue weighted by Crippen LogP contribution is -2.36. The number of aromatic nitrogens is 1. The number of carbonyl (C=O) groups excluding carboxylic acids is 1. The highest BCUT2D eigenvalue weighted by atomic mass is 35.5. The fourth-order valence-electron chi connectivity index (χ4n) is 4.15. The molecule has 0 bridgehead atoms. The minimum absolute atomic E-state index is 0.140. The van der Waals surface area contributed by atoms with Crippen LogP contribution in [-0.4, -0.2) is 16.5 Å². The zero-order chi connectivity index (χ0) is 20.9. The van der Waals surface area contributed by atoms with E-state index >= 15 is 0 Å². The number of hydrogen-bond acceptors (Lipinski definition) is 2. The van der Waals surface area contributed by atoms with Crippen LogP contribution in [0.25, 0.3) is 17.0 Å². The molecule has 1 amide bonds. The van der Waals surface area contributed by atoms with Crippen LogP contribution in [0.2, 0.25) is 5.02 Å². The van der Waals surface area contributed by atoms with Crippen LogP contribution in [-0.2, 0) is 11.3 Å². The summed E-state index contributed by atoms with van der Waals surface area (Å²) in [4.78, 5) is 12.7. The molecule has 0 spiro atoms. The van der Waals surface area contributed by atoms with E-state index in [4.69, 9.17) is 11.6 Å². The summed E-state index contributed by atoms with van der Waals surface area (Å²) in [5, 5.41) is 14.4. The zero-order valence-corrected chi connectivity index (χ0v) is 17.5. The van der Waals surface area contributed by atoms with Crippen LogP contribution in [0.5, 0.6) is 0 Å². The molecule has 152 valence electrons. The Morgan fingerprint density at radius 2 is 1.87 bits per heavy atom. The molecule has 2 aromatic carbocycles. The summed E-state index contributed by atoms with van der Waals surface area (Å²) in [6.45, 7) is 0.615. The van der Waals surface area contributed by atoms with Crippen molar-refractivity contribution in [2.24, 2.45) is 0 Å². The van der Waals surface area contributed by atoms with Crippen LogP contribution in [0.1, 0.15) is 43.2 Å². The van der Waals surface area contributed by atoms with Gasteiger partial charge in [0, 0.05) is 40.3 Å². The van der Waals surface area contributed by atoms with Gasteiger partial charge in [-0.05, 0) is 36.6 Å². The Morgan fingerprint density at radius 1 is 1.13 bits per heavy atom. The Hall–Kier alpha value is -3.03. The molecule has 1 aliphatic rings. The van der Waals surface area contributed by atoms with Gasteiger partial charge in [-0.1, -0.05) is 67.3 Å². The van der Waals surface area contributed by atoms with E-state index in [-0.39, 0.29) is 17.5 Å². The lowest BCUT2D eigenvalue weighted by atomic mass is 9.95. The fraction of sp³-hybridized carbons (Fsp3) is 0.280. The Bertz CT molecular complexity index is 1130. The summed E-state index contributed by atoms with van der Waals surface area (Å²) >= 11 is 6.35. The number of para-hydroxylation sites is 1. The number of nitrogens with zero attached hydrogens (tertiary/aromatic N) is 2. The molecule has 4 rings (SSSR count). The topological polar surface area (TPSA) is 57.8 Å². The average Bonchev–Trinajstić information content (AvgIpc) is 3.11. The van der Waals surface area contributed by atoms with Crippen LogP contribution >= 0.6 is 11.6 Å². The Balaban J connectivity index is 1.65. The number of carbonyl (C=O) groups is 1. The number of rotatable bonds is 5. The van der Waals surface area contributed by atoms with Crippen molar-refractivity contribution >= 4 is 34.5 Å². The van der Waals surface area contributed by atoms with Crippen LogP contribution in [0, 0.1) is 11.3 Å². The number of nitrogens with one attached hydrogen (secondary N) is 1. The van der Waals surface area contributed by atoms with Gasteiger partial charge in [-0.15, -0.1) is 0 Å². The number of nitriles is 1. The summed E-state index contributed by atoms with van der Waals surface area (Å²) in [5.74, 6) is -0.285. The second-order valence-electron chi connectivity index (χ2n) is 7.80. The van der Waals surface area contributed by atoms with Gasteiger partial charge in [-0.3, -0.25) is 4.79 Å². The van der Waals surface area contributed by atoms with Crippen molar-refractivity contribution in [3.05, 3.63) is 76.5 Å². The van der Waals surface area contributed by atoms with Crippen molar-refractivity contribution in [1.29, 1.82) is 5.26 Å². The van der Waals surface area contributed by atoms with Crippen LogP contribution in [0.3, 0.4) is 0 Å². The highest BCUT2D eigenvalue weighted by molar-refractivity contribution is 6.31. The molecule has 5 heteroatoms. The molecule has 1 aliphatic carbocycles. The van der Waals surface area contributed by atoms with Gasteiger partial charge in [0.15, 0.2) is 0 Å². The van der Waals surface area contributed by atoms with E-state index in [1.165, 1.54) is 6.42 Å². The fourth-order valence-corrected chi connectivity index (χ4v) is 4.34. The largest absolute Gasteiger partial charge is 0.349 e. The molecule has 0 unspecified atom stereocenters. The zero-order valence-electron chi connectivity index (χ0n) is 16.8. The molecule has 1 aromatic heterocycles. The maximum Gasteiger partial charge on any atom is 0.262 e. The molecule has 3 aromatic rings. The third-order valence-corrected chi connectivity index (χ3v) is 6.09. The third kappa shape index (κ3) is 4.42. The lowest BCUT2D eigenvalue weighted by Gasteiger charge is -2.22. The lowest BCUT2D eigenvalue weighted by molar-refractivity contribution is -0.117. The summed E-state index contributed by atoms with van der Waals surface area (Å²) in [6, 6.07) is 18.0. The van der Waals surface area contributed by atoms with Crippen LogP contribution in [0.4, 0.5) is 0 Å². The molecule has 1 fully saturated rings. The molecule has 1 N–H and O–H groups in total. The van der Waals surface area contributed by atoms with E-state index < -0.39 is 0 Å². The molecule has 30 heavy (non-hydrogen) atoms. The van der Waals surface area contributed by atoms with Gasteiger partial charge in [0.2, 0.25) is 0 Å². The van der Waals surface area contributed by atoms with Crippen LogP contribution in [0.15, 0.2) is 60.3 Å². The van der Waals surface area contributed by atoms with Gasteiger partial charge in [0.05, 0.1) is 0 Å². The summed E-state index contributed by atoms with van der Waals surface area (Å²) in [5.41, 5.74) is 3.05. The first-order valence-corrected chi connectivity index (χ1v) is 10.8. The second kappa shape index (κ2) is 9.19. The van der Waals surface area contributed by atoms with E-state index in [2.05, 4.69) is 16.0 Å². The number of hydrogen-bond donors (Lipinski definition) is 1. The van der Waals surface area contributed by atoms with Crippen molar-refractivity contribution in [1.82, 2.24) is 9.88 Å². The van der Waals surface area contributed by atoms with Gasteiger partial charge >= 0.3 is 0 Å². The Kier molecular flexibility index (Phi) is 6.21. The van der Waals surface area contributed by atoms with E-state index in [9.17, 15) is 10.1 Å². The van der Waals surface area contributed by atoms with Gasteiger partial charge < -0.3 is 9.88 Å². The average molecular weight is 418 g/mol. The molecule has 1 heterocycles. The highest BCUT2D eigenvalue weighted by Crippen LogP contribution is 2.26. The second-order valence-corrected chi connectivity index (χ2v) is 8.21. The van der Waals surface area contributed by atoms with Crippen molar-refractivity contribution in [3.63, 3.8) is 0 Å². The molecule has 4 nitrogen and oxygen atoms in total. The van der Waals surface area contributed by atoms with Crippen molar-refractivity contribution < 1.29 is 4.79 Å². The SMILES string of the molecule is N#C/C(=C\c1cn(Cc2ccccc2Cl)c2ccccc12)C(=O)NC1CCCCC1. The molecule has 0 atom stereocenters. The standard InChI is InChI=1S/C25H24ClN3O/c26-23-12-6-4-8-18(23)16-29-17-20(22-11-5-7-13-24(22)29)14-19(15-27)25(30)28-21-9-2-1-3-10-21/h4-8,11-14,17,21H,1-3,9-10,16H2,(H,28,30)/b19-14+. The maximum absolute atomic E-state index is 12.7. The Morgan fingerprint density at radius 3 is 2.63 bits per heavy atom. The first kappa shape index (κ1) is 20.3. The number of fused-ring (bicyclic) bond motifs is 1. The van der Waals surface area contributed by atoms with E-state index in [1.54, 1.807) is 6.08 Å². The highest BCUT2D eigenvalue weighted by Gasteiger charge is 2.19. The molecular weight excluding hydrogens is 394 g/mol. The minimum Gasteiger partial charge on any atom is -0.349 e. The molecule has 1 saturated carbocycles. The number of benzene rings is 2. The third-order valence-electron chi connectivity index (χ3n) is 5.72. The first-order valence-electron chi connectivity index (χ1n) is 10.4. The van der Waals surface area contributed by atoms with E-state index in [0.717, 1.165) is 52.7 Å². The normalized spacial score (nSPS) is 15.1.